The summed E-state index contributed by atoms with van der Waals surface area (Å²) in [6.07, 6.45) is 1.85. The zero-order valence-electron chi connectivity index (χ0n) is 11.6. The van der Waals surface area contributed by atoms with Crippen LogP contribution in [0.15, 0.2) is 27.3 Å². The van der Waals surface area contributed by atoms with Gasteiger partial charge in [0, 0.05) is 35.6 Å². The van der Waals surface area contributed by atoms with E-state index in [4.69, 9.17) is 9.15 Å². The average molecular weight is 326 g/mol. The number of methoxy groups -OCH3 is 1. The first-order chi connectivity index (χ1) is 9.13. The van der Waals surface area contributed by atoms with Gasteiger partial charge in [-0.05, 0) is 23.6 Å². The molecule has 0 atom stereocenters. The van der Waals surface area contributed by atoms with E-state index >= 15 is 0 Å². The Balaban J connectivity index is 2.26. The van der Waals surface area contributed by atoms with Gasteiger partial charge in [-0.1, -0.05) is 29.8 Å². The number of furan rings is 1. The van der Waals surface area contributed by atoms with Crippen LogP contribution >= 0.6 is 15.9 Å². The largest absolute Gasteiger partial charge is 0.464 e. The molecule has 0 amide bonds. The molecule has 0 fully saturated rings. The van der Waals surface area contributed by atoms with Crippen LogP contribution < -0.4 is 5.32 Å². The average Bonchev–Trinajstić information content (AvgIpc) is 2.76. The summed E-state index contributed by atoms with van der Waals surface area (Å²) in [7, 11) is 1.71. The lowest BCUT2D eigenvalue weighted by atomic mass is 10.00. The third-order valence-corrected chi connectivity index (χ3v) is 3.63. The highest BCUT2D eigenvalue weighted by Crippen LogP contribution is 2.32. The number of rotatable bonds is 6. The highest BCUT2D eigenvalue weighted by Gasteiger charge is 2.13. The summed E-state index contributed by atoms with van der Waals surface area (Å²) in [5, 5.41) is 4.53. The number of halogens is 1. The molecular weight excluding hydrogens is 306 g/mol. The van der Waals surface area contributed by atoms with E-state index in [-0.39, 0.29) is 0 Å². The first-order valence-corrected chi connectivity index (χ1v) is 7.32. The van der Waals surface area contributed by atoms with Crippen molar-refractivity contribution in [3.63, 3.8) is 0 Å². The number of ether oxygens (including phenoxy) is 1. The third-order valence-electron chi connectivity index (χ3n) is 3.17. The standard InChI is InChI=1S/C15H20BrNO2/c1-10(2)13-6-12(16)7-14-11(9-19-15(13)14)8-17-4-5-18-3/h6-7,9-10,17H,4-5,8H2,1-3H3. The molecule has 3 nitrogen and oxygen atoms in total. The van der Waals surface area contributed by atoms with Gasteiger partial charge in [0.05, 0.1) is 12.9 Å². The van der Waals surface area contributed by atoms with Crippen LogP contribution in [-0.2, 0) is 11.3 Å². The van der Waals surface area contributed by atoms with Crippen LogP contribution in [-0.4, -0.2) is 20.3 Å². The first kappa shape index (κ1) is 14.6. The highest BCUT2D eigenvalue weighted by atomic mass is 79.9. The van der Waals surface area contributed by atoms with E-state index < -0.39 is 0 Å². The van der Waals surface area contributed by atoms with Gasteiger partial charge in [0.1, 0.15) is 5.58 Å². The Morgan fingerprint density at radius 3 is 2.84 bits per heavy atom. The van der Waals surface area contributed by atoms with E-state index in [2.05, 4.69) is 47.2 Å². The molecule has 0 radical (unpaired) electrons. The van der Waals surface area contributed by atoms with Crippen LogP contribution in [0.2, 0.25) is 0 Å². The molecule has 0 saturated carbocycles. The van der Waals surface area contributed by atoms with Crippen molar-refractivity contribution in [1.29, 1.82) is 0 Å². The van der Waals surface area contributed by atoms with Gasteiger partial charge >= 0.3 is 0 Å². The van der Waals surface area contributed by atoms with E-state index in [9.17, 15) is 0 Å². The van der Waals surface area contributed by atoms with E-state index in [1.54, 1.807) is 7.11 Å². The van der Waals surface area contributed by atoms with Crippen molar-refractivity contribution >= 4 is 26.9 Å². The van der Waals surface area contributed by atoms with Gasteiger partial charge in [-0.15, -0.1) is 0 Å². The molecule has 0 aliphatic carbocycles. The molecule has 0 unspecified atom stereocenters. The molecule has 0 aliphatic heterocycles. The van der Waals surface area contributed by atoms with E-state index in [1.165, 1.54) is 16.5 Å². The highest BCUT2D eigenvalue weighted by molar-refractivity contribution is 9.10. The predicted octanol–water partition coefficient (Wildman–Crippen LogP) is 4.05. The van der Waals surface area contributed by atoms with Crippen molar-refractivity contribution in [2.24, 2.45) is 0 Å². The molecule has 104 valence electrons. The van der Waals surface area contributed by atoms with E-state index in [0.29, 0.717) is 5.92 Å². The second-order valence-electron chi connectivity index (χ2n) is 4.96. The Labute approximate surface area is 122 Å². The smallest absolute Gasteiger partial charge is 0.137 e. The Morgan fingerprint density at radius 2 is 2.16 bits per heavy atom. The molecule has 0 spiro atoms. The van der Waals surface area contributed by atoms with Gasteiger partial charge in [0.25, 0.3) is 0 Å². The van der Waals surface area contributed by atoms with Gasteiger partial charge in [-0.2, -0.15) is 0 Å². The fourth-order valence-electron chi connectivity index (χ4n) is 2.14. The third kappa shape index (κ3) is 3.38. The molecule has 0 bridgehead atoms. The van der Waals surface area contributed by atoms with Crippen molar-refractivity contribution in [3.05, 3.63) is 34.0 Å². The summed E-state index contributed by atoms with van der Waals surface area (Å²) in [6, 6.07) is 4.26. The molecule has 2 aromatic rings. The lowest BCUT2D eigenvalue weighted by Crippen LogP contribution is -2.18. The minimum Gasteiger partial charge on any atom is -0.464 e. The maximum atomic E-state index is 5.76. The second-order valence-corrected chi connectivity index (χ2v) is 5.87. The van der Waals surface area contributed by atoms with Crippen LogP contribution in [0.1, 0.15) is 30.9 Å². The fraction of sp³-hybridized carbons (Fsp3) is 0.467. The molecule has 2 rings (SSSR count). The SMILES string of the molecule is COCCNCc1coc2c(C(C)C)cc(Br)cc12. The Morgan fingerprint density at radius 1 is 1.37 bits per heavy atom. The number of hydrogen-bond donors (Lipinski definition) is 1. The maximum Gasteiger partial charge on any atom is 0.137 e. The van der Waals surface area contributed by atoms with E-state index in [0.717, 1.165) is 29.8 Å². The minimum atomic E-state index is 0.445. The molecule has 19 heavy (non-hydrogen) atoms. The van der Waals surface area contributed by atoms with Crippen molar-refractivity contribution < 1.29 is 9.15 Å². The second kappa shape index (κ2) is 6.55. The Kier molecular flexibility index (Phi) is 5.02. The first-order valence-electron chi connectivity index (χ1n) is 6.52. The van der Waals surface area contributed by atoms with Gasteiger partial charge in [0.2, 0.25) is 0 Å². The molecule has 4 heteroatoms. The number of nitrogens with one attached hydrogen (secondary N) is 1. The lowest BCUT2D eigenvalue weighted by Gasteiger charge is -2.07. The number of benzene rings is 1. The van der Waals surface area contributed by atoms with Gasteiger partial charge in [0.15, 0.2) is 0 Å². The fourth-order valence-corrected chi connectivity index (χ4v) is 2.62. The monoisotopic (exact) mass is 325 g/mol. The molecule has 1 heterocycles. The van der Waals surface area contributed by atoms with Crippen LogP contribution in [0.4, 0.5) is 0 Å². The Bertz CT molecular complexity index is 548. The Hall–Kier alpha value is -0.840. The van der Waals surface area contributed by atoms with Crippen molar-refractivity contribution in [2.45, 2.75) is 26.3 Å². The number of fused-ring (bicyclic) bond motifs is 1. The normalized spacial score (nSPS) is 11.6. The summed E-state index contributed by atoms with van der Waals surface area (Å²) in [4.78, 5) is 0. The summed E-state index contributed by atoms with van der Waals surface area (Å²) in [6.45, 7) is 6.72. The number of hydrogen-bond acceptors (Lipinski definition) is 3. The molecule has 1 N–H and O–H groups in total. The molecule has 0 aliphatic rings. The van der Waals surface area contributed by atoms with Crippen LogP contribution in [0, 0.1) is 0 Å². The van der Waals surface area contributed by atoms with Crippen molar-refractivity contribution in [3.8, 4) is 0 Å². The van der Waals surface area contributed by atoms with Crippen LogP contribution in [0.25, 0.3) is 11.0 Å². The van der Waals surface area contributed by atoms with E-state index in [1.807, 2.05) is 6.26 Å². The quantitative estimate of drug-likeness (QED) is 0.813. The molecule has 1 aromatic heterocycles. The van der Waals surface area contributed by atoms with Gasteiger partial charge in [-0.3, -0.25) is 0 Å². The van der Waals surface area contributed by atoms with Crippen LogP contribution in [0.5, 0.6) is 0 Å². The predicted molar refractivity (Wildman–Crippen MR) is 81.6 cm³/mol. The summed E-state index contributed by atoms with van der Waals surface area (Å²) >= 11 is 3.58. The van der Waals surface area contributed by atoms with Crippen LogP contribution in [0.3, 0.4) is 0 Å². The summed E-state index contributed by atoms with van der Waals surface area (Å²) in [5.74, 6) is 0.445. The summed E-state index contributed by atoms with van der Waals surface area (Å²) < 4.78 is 11.9. The van der Waals surface area contributed by atoms with Gasteiger partial charge < -0.3 is 14.5 Å². The maximum absolute atomic E-state index is 5.76. The summed E-state index contributed by atoms with van der Waals surface area (Å²) in [5.41, 5.74) is 3.43. The zero-order valence-corrected chi connectivity index (χ0v) is 13.2. The topological polar surface area (TPSA) is 34.4 Å². The van der Waals surface area contributed by atoms with Crippen molar-refractivity contribution in [2.75, 3.05) is 20.3 Å². The lowest BCUT2D eigenvalue weighted by molar-refractivity contribution is 0.199. The molecule has 0 saturated heterocycles. The minimum absolute atomic E-state index is 0.445. The van der Waals surface area contributed by atoms with Crippen molar-refractivity contribution in [1.82, 2.24) is 5.32 Å². The zero-order chi connectivity index (χ0) is 13.8. The van der Waals surface area contributed by atoms with Gasteiger partial charge in [-0.25, -0.2) is 0 Å². The molecular formula is C15H20BrNO2. The molecule has 1 aromatic carbocycles.